The molecule has 0 aliphatic carbocycles. The Hall–Kier alpha value is -2.04. The highest BCUT2D eigenvalue weighted by Crippen LogP contribution is 2.20. The Balaban J connectivity index is 1.73. The van der Waals surface area contributed by atoms with Crippen molar-refractivity contribution in [2.45, 2.75) is 13.0 Å². The van der Waals surface area contributed by atoms with E-state index in [2.05, 4.69) is 10.6 Å². The van der Waals surface area contributed by atoms with E-state index in [4.69, 9.17) is 23.2 Å². The summed E-state index contributed by atoms with van der Waals surface area (Å²) in [4.78, 5) is 23.7. The zero-order valence-corrected chi connectivity index (χ0v) is 13.8. The first-order valence-corrected chi connectivity index (χ1v) is 7.86. The molecule has 0 unspecified atom stereocenters. The third-order valence-electron chi connectivity index (χ3n) is 3.15. The van der Waals surface area contributed by atoms with Crippen LogP contribution in [0.15, 0.2) is 48.5 Å². The minimum absolute atomic E-state index is 0.128. The van der Waals surface area contributed by atoms with Crippen LogP contribution in [0.2, 0.25) is 10.0 Å². The molecule has 0 atom stereocenters. The Bertz CT molecular complexity index is 690. The summed E-state index contributed by atoms with van der Waals surface area (Å²) < 4.78 is 0. The second kappa shape index (κ2) is 8.56. The summed E-state index contributed by atoms with van der Waals surface area (Å²) in [6.07, 6.45) is 0.198. The van der Waals surface area contributed by atoms with Gasteiger partial charge in [0.05, 0.1) is 10.6 Å². The molecule has 4 nitrogen and oxygen atoms in total. The molecular weight excluding hydrogens is 335 g/mol. The zero-order chi connectivity index (χ0) is 16.7. The third kappa shape index (κ3) is 5.58. The highest BCUT2D eigenvalue weighted by molar-refractivity contribution is 6.36. The van der Waals surface area contributed by atoms with Crippen LogP contribution in [0.4, 0.5) is 0 Å². The van der Waals surface area contributed by atoms with Crippen LogP contribution in [0.5, 0.6) is 0 Å². The Labute approximate surface area is 144 Å². The van der Waals surface area contributed by atoms with Gasteiger partial charge in [-0.2, -0.15) is 0 Å². The molecule has 0 saturated heterocycles. The van der Waals surface area contributed by atoms with Gasteiger partial charge in [0, 0.05) is 24.5 Å². The lowest BCUT2D eigenvalue weighted by Gasteiger charge is -2.08. The van der Waals surface area contributed by atoms with Gasteiger partial charge >= 0.3 is 0 Å². The van der Waals surface area contributed by atoms with Gasteiger partial charge in [-0.3, -0.25) is 9.59 Å². The van der Waals surface area contributed by atoms with Crippen LogP contribution in [0.1, 0.15) is 22.3 Å². The molecule has 120 valence electrons. The molecule has 0 saturated carbocycles. The number of benzene rings is 2. The Morgan fingerprint density at radius 2 is 1.70 bits per heavy atom. The molecule has 0 bridgehead atoms. The molecule has 0 heterocycles. The van der Waals surface area contributed by atoms with Crippen LogP contribution >= 0.6 is 23.2 Å². The third-order valence-corrected chi connectivity index (χ3v) is 3.69. The number of hydrogen-bond acceptors (Lipinski definition) is 2. The summed E-state index contributed by atoms with van der Waals surface area (Å²) in [5, 5.41) is 6.20. The zero-order valence-electron chi connectivity index (χ0n) is 12.3. The predicted octanol–water partition coefficient (Wildman–Crippen LogP) is 3.43. The molecule has 0 spiro atoms. The van der Waals surface area contributed by atoms with Gasteiger partial charge in [-0.15, -0.1) is 0 Å². The molecule has 2 N–H and O–H groups in total. The maximum Gasteiger partial charge on any atom is 0.252 e. The van der Waals surface area contributed by atoms with Gasteiger partial charge in [0.15, 0.2) is 0 Å². The molecule has 6 heteroatoms. The number of carbonyl (C=O) groups is 2. The maximum absolute atomic E-state index is 12.0. The monoisotopic (exact) mass is 350 g/mol. The molecular formula is C17H16Cl2N2O2. The van der Waals surface area contributed by atoms with E-state index in [1.165, 1.54) is 6.07 Å². The number of amides is 2. The highest BCUT2D eigenvalue weighted by Gasteiger charge is 2.10. The molecule has 0 aromatic heterocycles. The number of carbonyl (C=O) groups excluding carboxylic acids is 2. The van der Waals surface area contributed by atoms with Gasteiger partial charge in [-0.25, -0.2) is 0 Å². The van der Waals surface area contributed by atoms with Crippen molar-refractivity contribution < 1.29 is 9.59 Å². The SMILES string of the molecule is O=C(CCNC(=O)c1ccc(Cl)cc1Cl)NCc1ccccc1. The smallest absolute Gasteiger partial charge is 0.252 e. The summed E-state index contributed by atoms with van der Waals surface area (Å²) in [6.45, 7) is 0.703. The van der Waals surface area contributed by atoms with Crippen LogP contribution in [-0.2, 0) is 11.3 Å². The lowest BCUT2D eigenvalue weighted by Crippen LogP contribution is -2.30. The van der Waals surface area contributed by atoms with E-state index in [1.807, 2.05) is 30.3 Å². The van der Waals surface area contributed by atoms with Crippen molar-refractivity contribution in [2.24, 2.45) is 0 Å². The van der Waals surface area contributed by atoms with Crippen LogP contribution in [-0.4, -0.2) is 18.4 Å². The first kappa shape index (κ1) is 17.3. The summed E-state index contributed by atoms with van der Waals surface area (Å²) >= 11 is 11.7. The Morgan fingerprint density at radius 3 is 2.39 bits per heavy atom. The van der Waals surface area contributed by atoms with Gasteiger partial charge in [0.2, 0.25) is 5.91 Å². The largest absolute Gasteiger partial charge is 0.352 e. The van der Waals surface area contributed by atoms with E-state index in [0.29, 0.717) is 17.1 Å². The van der Waals surface area contributed by atoms with Crippen molar-refractivity contribution in [1.82, 2.24) is 10.6 Å². The molecule has 0 radical (unpaired) electrons. The van der Waals surface area contributed by atoms with Crippen molar-refractivity contribution in [1.29, 1.82) is 0 Å². The molecule has 0 fully saturated rings. The van der Waals surface area contributed by atoms with Gasteiger partial charge in [-0.1, -0.05) is 53.5 Å². The van der Waals surface area contributed by atoms with Crippen LogP contribution in [0, 0.1) is 0 Å². The van der Waals surface area contributed by atoms with Crippen molar-refractivity contribution in [3.05, 3.63) is 69.7 Å². The van der Waals surface area contributed by atoms with E-state index in [-0.39, 0.29) is 29.8 Å². The fourth-order valence-electron chi connectivity index (χ4n) is 1.94. The van der Waals surface area contributed by atoms with E-state index < -0.39 is 0 Å². The topological polar surface area (TPSA) is 58.2 Å². The minimum atomic E-state index is -0.331. The first-order chi connectivity index (χ1) is 11.1. The fourth-order valence-corrected chi connectivity index (χ4v) is 2.44. The second-order valence-electron chi connectivity index (χ2n) is 4.89. The lowest BCUT2D eigenvalue weighted by molar-refractivity contribution is -0.121. The van der Waals surface area contributed by atoms with Crippen LogP contribution in [0.25, 0.3) is 0 Å². The number of nitrogens with one attached hydrogen (secondary N) is 2. The van der Waals surface area contributed by atoms with E-state index >= 15 is 0 Å². The first-order valence-electron chi connectivity index (χ1n) is 7.10. The average Bonchev–Trinajstić information content (AvgIpc) is 2.53. The van der Waals surface area contributed by atoms with E-state index in [1.54, 1.807) is 12.1 Å². The standard InChI is InChI=1S/C17H16Cl2N2O2/c18-13-6-7-14(15(19)10-13)17(23)20-9-8-16(22)21-11-12-4-2-1-3-5-12/h1-7,10H,8-9,11H2,(H,20,23)(H,21,22). The summed E-state index contributed by atoms with van der Waals surface area (Å²) in [7, 11) is 0. The molecule has 23 heavy (non-hydrogen) atoms. The molecule has 2 aromatic carbocycles. The normalized spacial score (nSPS) is 10.2. The Kier molecular flexibility index (Phi) is 6.44. The molecule has 2 amide bonds. The van der Waals surface area contributed by atoms with Gasteiger partial charge in [0.1, 0.15) is 0 Å². The van der Waals surface area contributed by atoms with Crippen molar-refractivity contribution in [3.63, 3.8) is 0 Å². The minimum Gasteiger partial charge on any atom is -0.352 e. The van der Waals surface area contributed by atoms with Gasteiger partial charge < -0.3 is 10.6 Å². The highest BCUT2D eigenvalue weighted by atomic mass is 35.5. The number of rotatable bonds is 6. The summed E-state index contributed by atoms with van der Waals surface area (Å²) in [5.41, 5.74) is 1.36. The van der Waals surface area contributed by atoms with E-state index in [9.17, 15) is 9.59 Å². The van der Waals surface area contributed by atoms with E-state index in [0.717, 1.165) is 5.56 Å². The Morgan fingerprint density at radius 1 is 0.957 bits per heavy atom. The predicted molar refractivity (Wildman–Crippen MR) is 91.7 cm³/mol. The molecule has 2 rings (SSSR count). The quantitative estimate of drug-likeness (QED) is 0.838. The number of halogens is 2. The molecule has 0 aliphatic rings. The lowest BCUT2D eigenvalue weighted by atomic mass is 10.2. The van der Waals surface area contributed by atoms with Crippen molar-refractivity contribution >= 4 is 35.0 Å². The fraction of sp³-hybridized carbons (Fsp3) is 0.176. The number of hydrogen-bond donors (Lipinski definition) is 2. The maximum atomic E-state index is 12.0. The summed E-state index contributed by atoms with van der Waals surface area (Å²) in [5.74, 6) is -0.459. The van der Waals surface area contributed by atoms with Crippen molar-refractivity contribution in [2.75, 3.05) is 6.54 Å². The summed E-state index contributed by atoms with van der Waals surface area (Å²) in [6, 6.07) is 14.3. The second-order valence-corrected chi connectivity index (χ2v) is 5.74. The molecule has 2 aromatic rings. The van der Waals surface area contributed by atoms with Crippen LogP contribution < -0.4 is 10.6 Å². The van der Waals surface area contributed by atoms with Gasteiger partial charge in [0.25, 0.3) is 5.91 Å². The average molecular weight is 351 g/mol. The molecule has 0 aliphatic heterocycles. The van der Waals surface area contributed by atoms with Crippen molar-refractivity contribution in [3.8, 4) is 0 Å². The van der Waals surface area contributed by atoms with Crippen LogP contribution in [0.3, 0.4) is 0 Å². The van der Waals surface area contributed by atoms with Gasteiger partial charge in [-0.05, 0) is 23.8 Å².